The SMILES string of the molecule is CCC(C)CN(CC)C(C)CCCNC(C)C. The summed E-state index contributed by atoms with van der Waals surface area (Å²) in [6.45, 7) is 17.3. The Morgan fingerprint density at radius 2 is 1.71 bits per heavy atom. The molecule has 2 atom stereocenters. The molecule has 0 bridgehead atoms. The minimum Gasteiger partial charge on any atom is -0.315 e. The van der Waals surface area contributed by atoms with Crippen LogP contribution in [0.25, 0.3) is 0 Å². The first-order valence-corrected chi connectivity index (χ1v) is 7.48. The van der Waals surface area contributed by atoms with Crippen molar-refractivity contribution in [2.75, 3.05) is 19.6 Å². The van der Waals surface area contributed by atoms with Crippen molar-refractivity contribution in [2.24, 2.45) is 5.92 Å². The van der Waals surface area contributed by atoms with E-state index in [-0.39, 0.29) is 0 Å². The summed E-state index contributed by atoms with van der Waals surface area (Å²) >= 11 is 0. The summed E-state index contributed by atoms with van der Waals surface area (Å²) in [6, 6.07) is 1.34. The summed E-state index contributed by atoms with van der Waals surface area (Å²) < 4.78 is 0. The number of nitrogens with one attached hydrogen (secondary N) is 1. The van der Waals surface area contributed by atoms with E-state index in [1.807, 2.05) is 0 Å². The molecule has 1 N–H and O–H groups in total. The van der Waals surface area contributed by atoms with E-state index in [2.05, 4.69) is 51.8 Å². The fourth-order valence-corrected chi connectivity index (χ4v) is 2.12. The van der Waals surface area contributed by atoms with Crippen molar-refractivity contribution in [1.82, 2.24) is 10.2 Å². The fraction of sp³-hybridized carbons (Fsp3) is 1.00. The van der Waals surface area contributed by atoms with E-state index in [9.17, 15) is 0 Å². The molecule has 0 aromatic rings. The molecular formula is C15H34N2. The van der Waals surface area contributed by atoms with Crippen LogP contribution in [-0.4, -0.2) is 36.6 Å². The van der Waals surface area contributed by atoms with Gasteiger partial charge in [-0.15, -0.1) is 0 Å². The average molecular weight is 242 g/mol. The molecular weight excluding hydrogens is 208 g/mol. The lowest BCUT2D eigenvalue weighted by molar-refractivity contribution is 0.178. The van der Waals surface area contributed by atoms with Crippen LogP contribution in [0.3, 0.4) is 0 Å². The molecule has 0 amide bonds. The zero-order valence-corrected chi connectivity index (χ0v) is 12.9. The van der Waals surface area contributed by atoms with Gasteiger partial charge >= 0.3 is 0 Å². The smallest absolute Gasteiger partial charge is 0.00673 e. The second-order valence-corrected chi connectivity index (χ2v) is 5.70. The summed E-state index contributed by atoms with van der Waals surface area (Å²) in [7, 11) is 0. The molecule has 0 saturated heterocycles. The van der Waals surface area contributed by atoms with Gasteiger partial charge in [-0.3, -0.25) is 0 Å². The summed E-state index contributed by atoms with van der Waals surface area (Å²) in [6.07, 6.45) is 3.89. The average Bonchev–Trinajstić information content (AvgIpc) is 2.30. The van der Waals surface area contributed by atoms with Crippen molar-refractivity contribution >= 4 is 0 Å². The van der Waals surface area contributed by atoms with Crippen molar-refractivity contribution in [1.29, 1.82) is 0 Å². The van der Waals surface area contributed by atoms with E-state index in [0.29, 0.717) is 6.04 Å². The second-order valence-electron chi connectivity index (χ2n) is 5.70. The quantitative estimate of drug-likeness (QED) is 0.590. The predicted molar refractivity (Wildman–Crippen MR) is 78.5 cm³/mol. The van der Waals surface area contributed by atoms with Crippen molar-refractivity contribution in [3.63, 3.8) is 0 Å². The third-order valence-corrected chi connectivity index (χ3v) is 3.62. The van der Waals surface area contributed by atoms with Crippen molar-refractivity contribution in [3.05, 3.63) is 0 Å². The lowest BCUT2D eigenvalue weighted by Gasteiger charge is -2.30. The van der Waals surface area contributed by atoms with E-state index < -0.39 is 0 Å². The van der Waals surface area contributed by atoms with Gasteiger partial charge in [0.2, 0.25) is 0 Å². The number of hydrogen-bond acceptors (Lipinski definition) is 2. The zero-order valence-electron chi connectivity index (χ0n) is 12.9. The highest BCUT2D eigenvalue weighted by molar-refractivity contribution is 4.69. The van der Waals surface area contributed by atoms with Crippen LogP contribution in [0.5, 0.6) is 0 Å². The van der Waals surface area contributed by atoms with E-state index in [1.165, 1.54) is 32.4 Å². The number of rotatable bonds is 10. The maximum atomic E-state index is 3.49. The topological polar surface area (TPSA) is 15.3 Å². The molecule has 0 aromatic carbocycles. The first-order chi connectivity index (χ1) is 8.01. The molecule has 0 spiro atoms. The van der Waals surface area contributed by atoms with Crippen molar-refractivity contribution in [3.8, 4) is 0 Å². The van der Waals surface area contributed by atoms with E-state index >= 15 is 0 Å². The van der Waals surface area contributed by atoms with Crippen molar-refractivity contribution in [2.45, 2.75) is 72.9 Å². The third kappa shape index (κ3) is 8.62. The minimum absolute atomic E-state index is 0.618. The maximum absolute atomic E-state index is 3.49. The van der Waals surface area contributed by atoms with E-state index in [0.717, 1.165) is 18.5 Å². The molecule has 0 heterocycles. The summed E-state index contributed by atoms with van der Waals surface area (Å²) in [5, 5.41) is 3.49. The van der Waals surface area contributed by atoms with Gasteiger partial charge in [-0.05, 0) is 38.8 Å². The zero-order chi connectivity index (χ0) is 13.3. The van der Waals surface area contributed by atoms with Gasteiger partial charge in [0.05, 0.1) is 0 Å². The molecule has 0 aromatic heterocycles. The van der Waals surface area contributed by atoms with Crippen LogP contribution in [0.15, 0.2) is 0 Å². The van der Waals surface area contributed by atoms with Crippen molar-refractivity contribution < 1.29 is 0 Å². The fourth-order valence-electron chi connectivity index (χ4n) is 2.12. The van der Waals surface area contributed by atoms with Crippen LogP contribution in [0.2, 0.25) is 0 Å². The van der Waals surface area contributed by atoms with Gasteiger partial charge in [0, 0.05) is 18.6 Å². The normalized spacial score (nSPS) is 15.5. The molecule has 0 aliphatic carbocycles. The second kappa shape index (κ2) is 9.90. The van der Waals surface area contributed by atoms with Gasteiger partial charge in [-0.25, -0.2) is 0 Å². The molecule has 0 fully saturated rings. The highest BCUT2D eigenvalue weighted by Crippen LogP contribution is 2.11. The van der Waals surface area contributed by atoms with Crippen LogP contribution >= 0.6 is 0 Å². The molecule has 104 valence electrons. The Kier molecular flexibility index (Phi) is 9.85. The summed E-state index contributed by atoms with van der Waals surface area (Å²) in [5.74, 6) is 0.825. The van der Waals surface area contributed by atoms with Gasteiger partial charge in [0.1, 0.15) is 0 Å². The monoisotopic (exact) mass is 242 g/mol. The molecule has 0 saturated carbocycles. The summed E-state index contributed by atoms with van der Waals surface area (Å²) in [5.41, 5.74) is 0. The van der Waals surface area contributed by atoms with Gasteiger partial charge < -0.3 is 10.2 Å². The highest BCUT2D eigenvalue weighted by Gasteiger charge is 2.13. The molecule has 0 rings (SSSR count). The van der Waals surface area contributed by atoms with Crippen LogP contribution in [-0.2, 0) is 0 Å². The minimum atomic E-state index is 0.618. The first kappa shape index (κ1) is 16.9. The Bertz CT molecular complexity index is 168. The Hall–Kier alpha value is -0.0800. The van der Waals surface area contributed by atoms with Gasteiger partial charge in [-0.1, -0.05) is 41.0 Å². The van der Waals surface area contributed by atoms with Crippen LogP contribution in [0.1, 0.15) is 60.8 Å². The van der Waals surface area contributed by atoms with Crippen LogP contribution in [0.4, 0.5) is 0 Å². The molecule has 17 heavy (non-hydrogen) atoms. The van der Waals surface area contributed by atoms with Gasteiger partial charge in [-0.2, -0.15) is 0 Å². The third-order valence-electron chi connectivity index (χ3n) is 3.62. The largest absolute Gasteiger partial charge is 0.315 e. The molecule has 2 unspecified atom stereocenters. The Balaban J connectivity index is 3.79. The Labute approximate surface area is 109 Å². The molecule has 2 heteroatoms. The van der Waals surface area contributed by atoms with Crippen LogP contribution < -0.4 is 5.32 Å². The van der Waals surface area contributed by atoms with Crippen LogP contribution in [0, 0.1) is 5.92 Å². The molecule has 2 nitrogen and oxygen atoms in total. The lowest BCUT2D eigenvalue weighted by atomic mass is 10.1. The predicted octanol–water partition coefficient (Wildman–Crippen LogP) is 3.52. The maximum Gasteiger partial charge on any atom is 0.00673 e. The summed E-state index contributed by atoms with van der Waals surface area (Å²) in [4.78, 5) is 2.63. The molecule has 0 aliphatic rings. The lowest BCUT2D eigenvalue weighted by Crippen LogP contribution is -2.37. The van der Waals surface area contributed by atoms with E-state index in [4.69, 9.17) is 0 Å². The van der Waals surface area contributed by atoms with E-state index in [1.54, 1.807) is 0 Å². The number of nitrogens with zero attached hydrogens (tertiary/aromatic N) is 1. The number of hydrogen-bond donors (Lipinski definition) is 1. The Morgan fingerprint density at radius 3 is 2.18 bits per heavy atom. The van der Waals surface area contributed by atoms with Gasteiger partial charge in [0.25, 0.3) is 0 Å². The first-order valence-electron chi connectivity index (χ1n) is 7.48. The molecule has 0 aliphatic heterocycles. The highest BCUT2D eigenvalue weighted by atomic mass is 15.1. The molecule has 0 radical (unpaired) electrons. The standard InChI is InChI=1S/C15H34N2/c1-7-14(5)12-17(8-2)15(6)10-9-11-16-13(3)4/h13-16H,7-12H2,1-6H3. The Morgan fingerprint density at radius 1 is 1.06 bits per heavy atom. The van der Waals surface area contributed by atoms with Gasteiger partial charge in [0.15, 0.2) is 0 Å².